The molecule has 6 nitrogen and oxygen atoms in total. The predicted octanol–water partition coefficient (Wildman–Crippen LogP) is 5.73. The van der Waals surface area contributed by atoms with Gasteiger partial charge in [-0.1, -0.05) is 54.8 Å². The van der Waals surface area contributed by atoms with Gasteiger partial charge in [0.1, 0.15) is 0 Å². The predicted molar refractivity (Wildman–Crippen MR) is 149 cm³/mol. The van der Waals surface area contributed by atoms with Gasteiger partial charge in [-0.15, -0.1) is 0 Å². The Balaban J connectivity index is 1.25. The molecule has 0 aliphatic carbocycles. The molecule has 2 aromatic rings. The Hall–Kier alpha value is -2.78. The number of piperidine rings is 2. The minimum atomic E-state index is -5.12. The number of likely N-dealkylation sites (tertiary alicyclic amines) is 1. The van der Waals surface area contributed by atoms with Gasteiger partial charge in [0.2, 0.25) is 0 Å². The monoisotopic (exact) mass is 579 g/mol. The fourth-order valence-corrected chi connectivity index (χ4v) is 6.06. The lowest BCUT2D eigenvalue weighted by atomic mass is 9.84. The number of aliphatic hydroxyl groups is 1. The van der Waals surface area contributed by atoms with E-state index < -0.39 is 23.2 Å². The zero-order chi connectivity index (χ0) is 29.1. The summed E-state index contributed by atoms with van der Waals surface area (Å²) in [4.78, 5) is 30.1. The Labute approximate surface area is 238 Å². The van der Waals surface area contributed by atoms with E-state index in [1.165, 1.54) is 17.0 Å². The summed E-state index contributed by atoms with van der Waals surface area (Å²) in [7, 11) is 3.39. The third-order valence-corrected chi connectivity index (χ3v) is 8.68. The number of amides is 2. The average Bonchev–Trinajstić information content (AvgIpc) is 2.95. The van der Waals surface area contributed by atoms with E-state index in [1.54, 1.807) is 26.2 Å². The highest BCUT2D eigenvalue weighted by atomic mass is 35.5. The fourth-order valence-electron chi connectivity index (χ4n) is 5.81. The molecule has 218 valence electrons. The standard InChI is InChI=1S/C30H37ClF3N3O3/c1-35(2)27(38)25-11-10-24(20-26(25)31)36-16-12-21(13-17-36)8-9-22-14-18-37(19-15-22)28(39)29(40,30(32,33)34)23-6-4-3-5-7-23/h3-7,10-11,20-22,40H,8-9,12-19H2,1-2H3. The average molecular weight is 580 g/mol. The summed E-state index contributed by atoms with van der Waals surface area (Å²) in [6.45, 7) is 2.20. The molecule has 2 aliphatic rings. The Bertz CT molecular complexity index is 1180. The number of hydrogen-bond acceptors (Lipinski definition) is 4. The van der Waals surface area contributed by atoms with Crippen molar-refractivity contribution in [3.63, 3.8) is 0 Å². The third kappa shape index (κ3) is 6.41. The van der Waals surface area contributed by atoms with E-state index in [-0.39, 0.29) is 19.0 Å². The minimum absolute atomic E-state index is 0.127. The molecule has 2 heterocycles. The molecule has 2 saturated heterocycles. The molecule has 0 saturated carbocycles. The molecule has 10 heteroatoms. The highest BCUT2D eigenvalue weighted by molar-refractivity contribution is 6.34. The SMILES string of the molecule is CN(C)C(=O)c1ccc(N2CCC(CCC3CCN(C(=O)C(O)(c4ccccc4)C(F)(F)F)CC3)CC2)cc1Cl. The lowest BCUT2D eigenvalue weighted by Crippen LogP contribution is -2.57. The largest absolute Gasteiger partial charge is 0.430 e. The lowest BCUT2D eigenvalue weighted by Gasteiger charge is -2.39. The van der Waals surface area contributed by atoms with E-state index in [4.69, 9.17) is 11.6 Å². The van der Waals surface area contributed by atoms with E-state index in [2.05, 4.69) is 4.90 Å². The Kier molecular flexibility index (Phi) is 9.35. The Morgan fingerprint density at radius 3 is 1.98 bits per heavy atom. The van der Waals surface area contributed by atoms with E-state index in [0.717, 1.165) is 61.5 Å². The van der Waals surface area contributed by atoms with Gasteiger partial charge in [-0.05, 0) is 55.7 Å². The van der Waals surface area contributed by atoms with Crippen LogP contribution < -0.4 is 4.90 Å². The molecule has 0 aromatic heterocycles. The summed E-state index contributed by atoms with van der Waals surface area (Å²) >= 11 is 6.39. The minimum Gasteiger partial charge on any atom is -0.371 e. The van der Waals surface area contributed by atoms with Gasteiger partial charge in [-0.3, -0.25) is 9.59 Å². The molecule has 0 bridgehead atoms. The van der Waals surface area contributed by atoms with Gasteiger partial charge in [0.05, 0.1) is 10.6 Å². The number of carbonyl (C=O) groups excluding carboxylic acids is 2. The molecule has 2 amide bonds. The van der Waals surface area contributed by atoms with Gasteiger partial charge in [0, 0.05) is 51.5 Å². The molecule has 2 aliphatic heterocycles. The van der Waals surface area contributed by atoms with E-state index in [1.807, 2.05) is 12.1 Å². The first kappa shape index (κ1) is 30.2. The second kappa shape index (κ2) is 12.4. The quantitative estimate of drug-likeness (QED) is 0.455. The fraction of sp³-hybridized carbons (Fsp3) is 0.533. The van der Waals surface area contributed by atoms with Crippen LogP contribution in [0.1, 0.15) is 54.4 Å². The summed E-state index contributed by atoms with van der Waals surface area (Å²) < 4.78 is 41.7. The first-order valence-corrected chi connectivity index (χ1v) is 14.2. The van der Waals surface area contributed by atoms with Crippen molar-refractivity contribution in [3.8, 4) is 0 Å². The third-order valence-electron chi connectivity index (χ3n) is 8.37. The molecule has 1 atom stereocenters. The Morgan fingerprint density at radius 2 is 1.48 bits per heavy atom. The van der Waals surface area contributed by atoms with Gasteiger partial charge >= 0.3 is 6.18 Å². The number of carbonyl (C=O) groups is 2. The maximum Gasteiger partial charge on any atom is 0.430 e. The molecular weight excluding hydrogens is 543 g/mol. The van der Waals surface area contributed by atoms with Crippen LogP contribution in [0.3, 0.4) is 0 Å². The van der Waals surface area contributed by atoms with Gasteiger partial charge in [-0.2, -0.15) is 13.2 Å². The topological polar surface area (TPSA) is 64.1 Å². The molecule has 1 N–H and O–H groups in total. The van der Waals surface area contributed by atoms with Gasteiger partial charge < -0.3 is 19.8 Å². The number of halogens is 4. The smallest absolute Gasteiger partial charge is 0.371 e. The number of alkyl halides is 3. The second-order valence-electron chi connectivity index (χ2n) is 11.2. The maximum absolute atomic E-state index is 13.9. The molecule has 0 spiro atoms. The van der Waals surface area contributed by atoms with Crippen LogP contribution in [-0.4, -0.2) is 73.2 Å². The van der Waals surface area contributed by atoms with Crippen molar-refractivity contribution >= 4 is 29.1 Å². The van der Waals surface area contributed by atoms with Crippen LogP contribution in [0.15, 0.2) is 48.5 Å². The highest BCUT2D eigenvalue weighted by Crippen LogP contribution is 2.41. The normalized spacial score (nSPS) is 18.9. The molecule has 4 rings (SSSR count). The van der Waals surface area contributed by atoms with Crippen molar-refractivity contribution in [3.05, 3.63) is 64.7 Å². The number of benzene rings is 2. The zero-order valence-electron chi connectivity index (χ0n) is 23.0. The number of hydrogen-bond donors (Lipinski definition) is 1. The van der Waals surface area contributed by atoms with E-state index in [9.17, 15) is 27.9 Å². The van der Waals surface area contributed by atoms with Crippen molar-refractivity contribution < 1.29 is 27.9 Å². The van der Waals surface area contributed by atoms with E-state index >= 15 is 0 Å². The van der Waals surface area contributed by atoms with Crippen LogP contribution in [0.4, 0.5) is 18.9 Å². The van der Waals surface area contributed by atoms with Crippen LogP contribution >= 0.6 is 11.6 Å². The summed E-state index contributed by atoms with van der Waals surface area (Å²) in [5.74, 6) is -0.512. The first-order valence-electron chi connectivity index (χ1n) is 13.8. The number of rotatable bonds is 7. The van der Waals surface area contributed by atoms with Crippen molar-refractivity contribution in [1.29, 1.82) is 0 Å². The van der Waals surface area contributed by atoms with Crippen LogP contribution in [0.25, 0.3) is 0 Å². The van der Waals surface area contributed by atoms with E-state index in [0.29, 0.717) is 35.3 Å². The van der Waals surface area contributed by atoms with Crippen LogP contribution in [0, 0.1) is 11.8 Å². The van der Waals surface area contributed by atoms with Gasteiger partial charge in [0.15, 0.2) is 0 Å². The van der Waals surface area contributed by atoms with Gasteiger partial charge in [0.25, 0.3) is 17.4 Å². The molecular formula is C30H37ClF3N3O3. The lowest BCUT2D eigenvalue weighted by molar-refractivity contribution is -0.262. The van der Waals surface area contributed by atoms with Crippen molar-refractivity contribution in [1.82, 2.24) is 9.80 Å². The first-order chi connectivity index (χ1) is 18.9. The van der Waals surface area contributed by atoms with Crippen molar-refractivity contribution in [2.24, 2.45) is 11.8 Å². The summed E-state index contributed by atoms with van der Waals surface area (Å²) in [6.07, 6.45) is 0.218. The molecule has 1 unspecified atom stereocenters. The summed E-state index contributed by atoms with van der Waals surface area (Å²) in [5.41, 5.74) is -2.51. The Morgan fingerprint density at radius 1 is 0.925 bits per heavy atom. The van der Waals surface area contributed by atoms with Crippen molar-refractivity contribution in [2.75, 3.05) is 45.2 Å². The highest BCUT2D eigenvalue weighted by Gasteiger charge is 2.62. The van der Waals surface area contributed by atoms with Gasteiger partial charge in [-0.25, -0.2) is 0 Å². The van der Waals surface area contributed by atoms with Crippen LogP contribution in [0.5, 0.6) is 0 Å². The zero-order valence-corrected chi connectivity index (χ0v) is 23.7. The molecule has 0 radical (unpaired) electrons. The summed E-state index contributed by atoms with van der Waals surface area (Å²) in [5, 5.41) is 11.1. The second-order valence-corrected chi connectivity index (χ2v) is 11.6. The van der Waals surface area contributed by atoms with Crippen molar-refractivity contribution in [2.45, 2.75) is 50.3 Å². The molecule has 40 heavy (non-hydrogen) atoms. The number of anilines is 1. The molecule has 2 aromatic carbocycles. The maximum atomic E-state index is 13.9. The van der Waals surface area contributed by atoms with Crippen LogP contribution in [-0.2, 0) is 10.4 Å². The van der Waals surface area contributed by atoms with Crippen LogP contribution in [0.2, 0.25) is 5.02 Å². The molecule has 2 fully saturated rings. The summed E-state index contributed by atoms with van der Waals surface area (Å²) in [6, 6.07) is 12.2. The number of nitrogens with zero attached hydrogens (tertiary/aromatic N) is 3.